The van der Waals surface area contributed by atoms with Crippen molar-refractivity contribution in [2.45, 2.75) is 24.9 Å². The fourth-order valence-corrected chi connectivity index (χ4v) is 2.30. The van der Waals surface area contributed by atoms with E-state index in [1.165, 1.54) is 19.2 Å². The smallest absolute Gasteiger partial charge is 0.197 e. The quantitative estimate of drug-likeness (QED) is 0.797. The third-order valence-corrected chi connectivity index (χ3v) is 3.63. The van der Waals surface area contributed by atoms with Gasteiger partial charge in [-0.15, -0.1) is 0 Å². The van der Waals surface area contributed by atoms with E-state index in [0.717, 1.165) is 6.42 Å². The van der Waals surface area contributed by atoms with Crippen molar-refractivity contribution in [1.82, 2.24) is 0 Å². The van der Waals surface area contributed by atoms with Crippen LogP contribution in [0.4, 0.5) is 4.39 Å². The number of carbonyl (C=O) groups excluding carboxylic acids is 1. The minimum Gasteiger partial charge on any atom is -0.370 e. The summed E-state index contributed by atoms with van der Waals surface area (Å²) in [5.41, 5.74) is -0.683. The maximum atomic E-state index is 13.5. The van der Waals surface area contributed by atoms with Gasteiger partial charge in [-0.2, -0.15) is 0 Å². The van der Waals surface area contributed by atoms with Crippen molar-refractivity contribution >= 4 is 21.7 Å². The second kappa shape index (κ2) is 4.26. The molecule has 1 aliphatic carbocycles. The molecule has 0 spiro atoms. The van der Waals surface area contributed by atoms with Crippen LogP contribution in [-0.2, 0) is 4.74 Å². The molecule has 4 heteroatoms. The molecule has 1 fully saturated rings. The summed E-state index contributed by atoms with van der Waals surface area (Å²) >= 11 is 3.23. The molecule has 1 aromatic rings. The van der Waals surface area contributed by atoms with E-state index in [2.05, 4.69) is 15.9 Å². The lowest BCUT2D eigenvalue weighted by molar-refractivity contribution is -0.0450. The Balaban J connectivity index is 2.37. The number of halogens is 2. The van der Waals surface area contributed by atoms with E-state index < -0.39 is 11.4 Å². The molecule has 0 aromatic heterocycles. The van der Waals surface area contributed by atoms with E-state index in [-0.39, 0.29) is 11.3 Å². The number of rotatable bonds is 3. The van der Waals surface area contributed by atoms with Gasteiger partial charge in [0.05, 0.1) is 5.56 Å². The molecular formula is C12H12BrFO2. The van der Waals surface area contributed by atoms with Gasteiger partial charge in [0.1, 0.15) is 11.4 Å². The molecule has 0 unspecified atom stereocenters. The van der Waals surface area contributed by atoms with E-state index >= 15 is 0 Å². The largest absolute Gasteiger partial charge is 0.370 e. The summed E-state index contributed by atoms with van der Waals surface area (Å²) in [5.74, 6) is -0.739. The second-order valence-electron chi connectivity index (χ2n) is 4.01. The van der Waals surface area contributed by atoms with Crippen LogP contribution in [0.25, 0.3) is 0 Å². The standard InChI is InChI=1S/C12H12BrFO2/c1-16-12(5-2-6-12)11(15)9-7-8(13)3-4-10(9)14/h3-4,7H,2,5-6H2,1H3. The molecule has 2 rings (SSSR count). The maximum absolute atomic E-state index is 13.5. The first-order chi connectivity index (χ1) is 7.59. The van der Waals surface area contributed by atoms with Crippen LogP contribution in [0.1, 0.15) is 29.6 Å². The molecule has 0 N–H and O–H groups in total. The fraction of sp³-hybridized carbons (Fsp3) is 0.417. The summed E-state index contributed by atoms with van der Waals surface area (Å²) in [6.45, 7) is 0. The molecule has 0 radical (unpaired) electrons. The lowest BCUT2D eigenvalue weighted by Crippen LogP contribution is -2.47. The zero-order valence-electron chi connectivity index (χ0n) is 8.93. The lowest BCUT2D eigenvalue weighted by Gasteiger charge is -2.38. The van der Waals surface area contributed by atoms with Crippen molar-refractivity contribution in [1.29, 1.82) is 0 Å². The summed E-state index contributed by atoms with van der Waals surface area (Å²) in [6, 6.07) is 4.38. The first-order valence-corrected chi connectivity index (χ1v) is 5.93. The molecule has 0 amide bonds. The van der Waals surface area contributed by atoms with Gasteiger partial charge < -0.3 is 4.74 Å². The number of ether oxygens (including phenoxy) is 1. The van der Waals surface area contributed by atoms with E-state index in [0.29, 0.717) is 17.3 Å². The lowest BCUT2D eigenvalue weighted by atomic mass is 9.75. The SMILES string of the molecule is COC1(C(=O)c2cc(Br)ccc2F)CCC1. The van der Waals surface area contributed by atoms with Crippen molar-refractivity contribution < 1.29 is 13.9 Å². The van der Waals surface area contributed by atoms with Crippen LogP contribution < -0.4 is 0 Å². The Morgan fingerprint density at radius 3 is 2.69 bits per heavy atom. The molecule has 2 nitrogen and oxygen atoms in total. The monoisotopic (exact) mass is 286 g/mol. The predicted octanol–water partition coefficient (Wildman–Crippen LogP) is 3.34. The first-order valence-electron chi connectivity index (χ1n) is 5.14. The van der Waals surface area contributed by atoms with Crippen LogP contribution >= 0.6 is 15.9 Å². The third-order valence-electron chi connectivity index (χ3n) is 3.14. The first kappa shape index (κ1) is 11.7. The Hall–Kier alpha value is -0.740. The van der Waals surface area contributed by atoms with Gasteiger partial charge in [0, 0.05) is 11.6 Å². The summed E-state index contributed by atoms with van der Waals surface area (Å²) < 4.78 is 19.5. The molecule has 1 aliphatic rings. The van der Waals surface area contributed by atoms with Crippen LogP contribution in [-0.4, -0.2) is 18.5 Å². The average Bonchev–Trinajstić information content (AvgIpc) is 2.21. The van der Waals surface area contributed by atoms with Gasteiger partial charge in [-0.25, -0.2) is 4.39 Å². The number of ketones is 1. The van der Waals surface area contributed by atoms with Gasteiger partial charge >= 0.3 is 0 Å². The number of hydrogen-bond donors (Lipinski definition) is 0. The molecule has 1 aromatic carbocycles. The summed E-state index contributed by atoms with van der Waals surface area (Å²) in [4.78, 5) is 12.2. The summed E-state index contributed by atoms with van der Waals surface area (Å²) in [6.07, 6.45) is 2.30. The molecule has 16 heavy (non-hydrogen) atoms. The molecular weight excluding hydrogens is 275 g/mol. The molecule has 0 bridgehead atoms. The Labute approximate surface area is 102 Å². The molecule has 0 aliphatic heterocycles. The summed E-state index contributed by atoms with van der Waals surface area (Å²) in [5, 5.41) is 0. The minimum absolute atomic E-state index is 0.107. The minimum atomic E-state index is -0.790. The van der Waals surface area contributed by atoms with Gasteiger partial charge in [-0.05, 0) is 37.5 Å². The molecule has 86 valence electrons. The Bertz CT molecular complexity index is 422. The topological polar surface area (TPSA) is 26.3 Å². The Morgan fingerprint density at radius 2 is 2.19 bits per heavy atom. The highest BCUT2D eigenvalue weighted by molar-refractivity contribution is 9.10. The van der Waals surface area contributed by atoms with Crippen LogP contribution in [0, 0.1) is 5.82 Å². The highest BCUT2D eigenvalue weighted by Gasteiger charge is 2.45. The van der Waals surface area contributed by atoms with Crippen molar-refractivity contribution in [2.24, 2.45) is 0 Å². The normalized spacial score (nSPS) is 17.9. The predicted molar refractivity (Wildman–Crippen MR) is 62.0 cm³/mol. The van der Waals surface area contributed by atoms with Gasteiger partial charge in [-0.1, -0.05) is 15.9 Å². The van der Waals surface area contributed by atoms with Crippen molar-refractivity contribution in [3.63, 3.8) is 0 Å². The highest BCUT2D eigenvalue weighted by atomic mass is 79.9. The van der Waals surface area contributed by atoms with Gasteiger partial charge in [-0.3, -0.25) is 4.79 Å². The maximum Gasteiger partial charge on any atom is 0.197 e. The van der Waals surface area contributed by atoms with Crippen LogP contribution in [0.15, 0.2) is 22.7 Å². The van der Waals surface area contributed by atoms with E-state index in [4.69, 9.17) is 4.74 Å². The van der Waals surface area contributed by atoms with E-state index in [9.17, 15) is 9.18 Å². The zero-order valence-corrected chi connectivity index (χ0v) is 10.5. The van der Waals surface area contributed by atoms with Crippen molar-refractivity contribution in [3.8, 4) is 0 Å². The van der Waals surface area contributed by atoms with Crippen LogP contribution in [0.3, 0.4) is 0 Å². The number of methoxy groups -OCH3 is 1. The van der Waals surface area contributed by atoms with Crippen LogP contribution in [0.2, 0.25) is 0 Å². The van der Waals surface area contributed by atoms with Gasteiger partial charge in [0.15, 0.2) is 5.78 Å². The fourth-order valence-electron chi connectivity index (χ4n) is 1.94. The number of carbonyl (C=O) groups is 1. The second-order valence-corrected chi connectivity index (χ2v) is 4.92. The number of benzene rings is 1. The molecule has 0 atom stereocenters. The third kappa shape index (κ3) is 1.80. The Kier molecular flexibility index (Phi) is 3.13. The van der Waals surface area contributed by atoms with E-state index in [1.54, 1.807) is 6.07 Å². The van der Waals surface area contributed by atoms with Crippen molar-refractivity contribution in [2.75, 3.05) is 7.11 Å². The number of hydrogen-bond acceptors (Lipinski definition) is 2. The average molecular weight is 287 g/mol. The molecule has 1 saturated carbocycles. The van der Waals surface area contributed by atoms with Crippen LogP contribution in [0.5, 0.6) is 0 Å². The highest BCUT2D eigenvalue weighted by Crippen LogP contribution is 2.38. The van der Waals surface area contributed by atoms with Gasteiger partial charge in [0.25, 0.3) is 0 Å². The van der Waals surface area contributed by atoms with E-state index in [1.807, 2.05) is 0 Å². The molecule has 0 saturated heterocycles. The number of Topliss-reactive ketones (excluding diaryl/α,β-unsaturated/α-hetero) is 1. The molecule has 0 heterocycles. The van der Waals surface area contributed by atoms with Gasteiger partial charge in [0.2, 0.25) is 0 Å². The van der Waals surface area contributed by atoms with Crippen molar-refractivity contribution in [3.05, 3.63) is 34.1 Å². The zero-order chi connectivity index (χ0) is 11.8. The Morgan fingerprint density at radius 1 is 1.50 bits per heavy atom. The summed E-state index contributed by atoms with van der Waals surface area (Å²) in [7, 11) is 1.51.